The molecule has 1 N–H and O–H groups in total. The Morgan fingerprint density at radius 2 is 2.08 bits per heavy atom. The third-order valence-electron chi connectivity index (χ3n) is 4.62. The lowest BCUT2D eigenvalue weighted by Gasteiger charge is -2.15. The molecule has 0 bridgehead atoms. The molecule has 3 aromatic rings. The zero-order valence-electron chi connectivity index (χ0n) is 14.5. The number of likely N-dealkylation sites (tertiary alicyclic amines) is 1. The first kappa shape index (κ1) is 16.6. The van der Waals surface area contributed by atoms with Gasteiger partial charge in [-0.1, -0.05) is 0 Å². The molecule has 0 radical (unpaired) electrons. The van der Waals surface area contributed by atoms with Crippen molar-refractivity contribution in [3.05, 3.63) is 60.3 Å². The van der Waals surface area contributed by atoms with Crippen LogP contribution in [0.3, 0.4) is 0 Å². The van der Waals surface area contributed by atoms with Gasteiger partial charge in [0, 0.05) is 50.4 Å². The SMILES string of the molecule is Cn1ccnc1CN1CCC(c2ccnc(Nc3cc(F)ccn3)n2)C1. The van der Waals surface area contributed by atoms with Crippen LogP contribution < -0.4 is 5.32 Å². The molecule has 0 aliphatic carbocycles. The molecule has 0 amide bonds. The first-order valence-corrected chi connectivity index (χ1v) is 8.57. The number of hydrogen-bond donors (Lipinski definition) is 1. The monoisotopic (exact) mass is 353 g/mol. The van der Waals surface area contributed by atoms with Crippen molar-refractivity contribution >= 4 is 11.8 Å². The number of halogens is 1. The molecule has 7 nitrogen and oxygen atoms in total. The molecule has 1 atom stereocenters. The summed E-state index contributed by atoms with van der Waals surface area (Å²) in [5.74, 6) is 1.89. The van der Waals surface area contributed by atoms with Crippen molar-refractivity contribution in [2.24, 2.45) is 7.05 Å². The molecule has 0 spiro atoms. The summed E-state index contributed by atoms with van der Waals surface area (Å²) in [6, 6.07) is 4.57. The lowest BCUT2D eigenvalue weighted by molar-refractivity contribution is 0.314. The summed E-state index contributed by atoms with van der Waals surface area (Å²) in [6.45, 7) is 2.78. The van der Waals surface area contributed by atoms with Gasteiger partial charge in [-0.3, -0.25) is 4.90 Å². The second kappa shape index (κ2) is 7.17. The van der Waals surface area contributed by atoms with E-state index in [2.05, 4.69) is 30.2 Å². The lowest BCUT2D eigenvalue weighted by atomic mass is 10.1. The molecule has 1 saturated heterocycles. The smallest absolute Gasteiger partial charge is 0.228 e. The molecule has 134 valence electrons. The van der Waals surface area contributed by atoms with Crippen molar-refractivity contribution in [1.29, 1.82) is 0 Å². The molecule has 0 saturated carbocycles. The van der Waals surface area contributed by atoms with E-state index in [1.807, 2.05) is 30.1 Å². The number of hydrogen-bond acceptors (Lipinski definition) is 6. The van der Waals surface area contributed by atoms with Gasteiger partial charge < -0.3 is 9.88 Å². The Balaban J connectivity index is 1.43. The van der Waals surface area contributed by atoms with E-state index in [-0.39, 0.29) is 5.82 Å². The number of anilines is 2. The molecule has 1 aliphatic heterocycles. The largest absolute Gasteiger partial charge is 0.337 e. The molecule has 1 aliphatic rings. The van der Waals surface area contributed by atoms with E-state index in [0.717, 1.165) is 37.6 Å². The van der Waals surface area contributed by atoms with Gasteiger partial charge in [-0.25, -0.2) is 24.3 Å². The Hall–Kier alpha value is -2.87. The Labute approximate surface area is 151 Å². The van der Waals surface area contributed by atoms with Gasteiger partial charge in [0.05, 0.1) is 12.2 Å². The van der Waals surface area contributed by atoms with Crippen LogP contribution >= 0.6 is 0 Å². The summed E-state index contributed by atoms with van der Waals surface area (Å²) in [6.07, 6.45) is 7.97. The summed E-state index contributed by atoms with van der Waals surface area (Å²) < 4.78 is 15.3. The fourth-order valence-corrected chi connectivity index (χ4v) is 3.21. The second-order valence-corrected chi connectivity index (χ2v) is 6.46. The minimum Gasteiger partial charge on any atom is -0.337 e. The highest BCUT2D eigenvalue weighted by atomic mass is 19.1. The summed E-state index contributed by atoms with van der Waals surface area (Å²) in [5, 5.41) is 2.96. The Bertz CT molecular complexity index is 895. The van der Waals surface area contributed by atoms with Crippen LogP contribution in [0.5, 0.6) is 0 Å². The first-order chi connectivity index (χ1) is 12.7. The number of rotatable bonds is 5. The zero-order valence-corrected chi connectivity index (χ0v) is 14.5. The van der Waals surface area contributed by atoms with Crippen LogP contribution in [0.15, 0.2) is 43.0 Å². The van der Waals surface area contributed by atoms with Gasteiger partial charge in [0.1, 0.15) is 17.5 Å². The first-order valence-electron chi connectivity index (χ1n) is 8.57. The van der Waals surface area contributed by atoms with Crippen molar-refractivity contribution in [1.82, 2.24) is 29.4 Å². The quantitative estimate of drug-likeness (QED) is 0.760. The van der Waals surface area contributed by atoms with Gasteiger partial charge >= 0.3 is 0 Å². The summed E-state index contributed by atoms with van der Waals surface area (Å²) in [4.78, 5) is 19.7. The maximum absolute atomic E-state index is 13.3. The van der Waals surface area contributed by atoms with E-state index in [9.17, 15) is 4.39 Å². The molecule has 1 fully saturated rings. The average molecular weight is 353 g/mol. The van der Waals surface area contributed by atoms with Gasteiger partial charge in [0.25, 0.3) is 0 Å². The molecule has 26 heavy (non-hydrogen) atoms. The van der Waals surface area contributed by atoms with E-state index in [1.165, 1.54) is 18.3 Å². The van der Waals surface area contributed by atoms with Crippen LogP contribution in [0.2, 0.25) is 0 Å². The van der Waals surface area contributed by atoms with Crippen LogP contribution in [0.25, 0.3) is 0 Å². The van der Waals surface area contributed by atoms with Gasteiger partial charge in [0.2, 0.25) is 5.95 Å². The highest BCUT2D eigenvalue weighted by Crippen LogP contribution is 2.27. The number of aromatic nitrogens is 5. The van der Waals surface area contributed by atoms with Crippen molar-refractivity contribution < 1.29 is 4.39 Å². The molecule has 0 aromatic carbocycles. The zero-order chi connectivity index (χ0) is 17.9. The minimum absolute atomic E-state index is 0.347. The highest BCUT2D eigenvalue weighted by molar-refractivity contribution is 5.47. The van der Waals surface area contributed by atoms with Crippen LogP contribution in [0, 0.1) is 5.82 Å². The van der Waals surface area contributed by atoms with Gasteiger partial charge in [-0.15, -0.1) is 0 Å². The molecular weight excluding hydrogens is 333 g/mol. The van der Waals surface area contributed by atoms with Gasteiger partial charge in [0.15, 0.2) is 0 Å². The van der Waals surface area contributed by atoms with Gasteiger partial charge in [-0.05, 0) is 25.1 Å². The topological polar surface area (TPSA) is 71.8 Å². The Morgan fingerprint density at radius 3 is 2.88 bits per heavy atom. The number of aryl methyl sites for hydroxylation is 1. The molecular formula is C18H20FN7. The average Bonchev–Trinajstić information content (AvgIpc) is 3.25. The number of pyridine rings is 1. The van der Waals surface area contributed by atoms with Crippen LogP contribution in [-0.2, 0) is 13.6 Å². The van der Waals surface area contributed by atoms with Crippen LogP contribution in [-0.4, -0.2) is 42.5 Å². The summed E-state index contributed by atoms with van der Waals surface area (Å²) >= 11 is 0. The molecule has 4 heterocycles. The van der Waals surface area contributed by atoms with Crippen LogP contribution in [0.1, 0.15) is 23.9 Å². The van der Waals surface area contributed by atoms with E-state index < -0.39 is 0 Å². The van der Waals surface area contributed by atoms with E-state index in [0.29, 0.717) is 17.7 Å². The fraction of sp³-hybridized carbons (Fsp3) is 0.333. The van der Waals surface area contributed by atoms with E-state index >= 15 is 0 Å². The lowest BCUT2D eigenvalue weighted by Crippen LogP contribution is -2.22. The maximum Gasteiger partial charge on any atom is 0.228 e. The van der Waals surface area contributed by atoms with Crippen molar-refractivity contribution in [2.75, 3.05) is 18.4 Å². The maximum atomic E-state index is 13.3. The predicted octanol–water partition coefficient (Wildman–Crippen LogP) is 2.48. The minimum atomic E-state index is -0.348. The normalized spacial score (nSPS) is 17.5. The fourth-order valence-electron chi connectivity index (χ4n) is 3.21. The number of imidazole rings is 1. The predicted molar refractivity (Wildman–Crippen MR) is 95.4 cm³/mol. The third-order valence-corrected chi connectivity index (χ3v) is 4.62. The Kier molecular flexibility index (Phi) is 4.57. The Morgan fingerprint density at radius 1 is 1.19 bits per heavy atom. The summed E-state index contributed by atoms with van der Waals surface area (Å²) in [7, 11) is 2.01. The van der Waals surface area contributed by atoms with E-state index in [4.69, 9.17) is 0 Å². The summed E-state index contributed by atoms with van der Waals surface area (Å²) in [5.41, 5.74) is 0.987. The molecule has 3 aromatic heterocycles. The van der Waals surface area contributed by atoms with Gasteiger partial charge in [-0.2, -0.15) is 0 Å². The molecule has 4 rings (SSSR count). The second-order valence-electron chi connectivity index (χ2n) is 6.46. The third kappa shape index (κ3) is 3.70. The molecule has 8 heteroatoms. The standard InChI is InChI=1S/C18H20FN7/c1-25-9-7-21-17(25)12-26-8-4-13(11-26)15-3-6-22-18(23-15)24-16-10-14(19)2-5-20-16/h2-3,5-7,9-10,13H,4,8,11-12H2,1H3,(H,20,22,23,24). The van der Waals surface area contributed by atoms with E-state index in [1.54, 1.807) is 6.20 Å². The highest BCUT2D eigenvalue weighted by Gasteiger charge is 2.26. The number of nitrogens with zero attached hydrogens (tertiary/aromatic N) is 6. The van der Waals surface area contributed by atoms with Crippen molar-refractivity contribution in [3.8, 4) is 0 Å². The molecule has 1 unspecified atom stereocenters. The van der Waals surface area contributed by atoms with Crippen molar-refractivity contribution in [3.63, 3.8) is 0 Å². The van der Waals surface area contributed by atoms with Crippen molar-refractivity contribution in [2.45, 2.75) is 18.9 Å². The number of nitrogens with one attached hydrogen (secondary N) is 1. The van der Waals surface area contributed by atoms with Crippen LogP contribution in [0.4, 0.5) is 16.2 Å².